The summed E-state index contributed by atoms with van der Waals surface area (Å²) in [7, 11) is 3.58. The van der Waals surface area contributed by atoms with Gasteiger partial charge in [0.1, 0.15) is 4.64 Å². The second-order valence-electron chi connectivity index (χ2n) is 1.46. The van der Waals surface area contributed by atoms with E-state index in [1.165, 1.54) is 0 Å². The molecule has 0 aromatic rings. The van der Waals surface area contributed by atoms with Crippen LogP contribution in [-0.4, -0.2) is 4.64 Å². The fraction of sp³-hybridized carbons (Fsp3) is 1.00. The van der Waals surface area contributed by atoms with E-state index in [0.29, 0.717) is 6.50 Å². The summed E-state index contributed by atoms with van der Waals surface area (Å²) in [6.07, 6.45) is 0. The molecular formula is C2H3P3. The Morgan fingerprint density at radius 3 is 1.80 bits per heavy atom. The van der Waals surface area contributed by atoms with Gasteiger partial charge in [0, 0.05) is 0 Å². The van der Waals surface area contributed by atoms with Crippen LogP contribution in [-0.2, 0) is 0 Å². The van der Waals surface area contributed by atoms with Gasteiger partial charge in [-0.25, -0.2) is 0 Å². The van der Waals surface area contributed by atoms with Gasteiger partial charge in [0.25, 0.3) is 0 Å². The van der Waals surface area contributed by atoms with E-state index in [2.05, 4.69) is 6.92 Å². The second kappa shape index (κ2) is 0.526. The zero-order valence-electron chi connectivity index (χ0n) is 2.84. The van der Waals surface area contributed by atoms with E-state index < -0.39 is 0 Å². The van der Waals surface area contributed by atoms with Crippen molar-refractivity contribution in [1.82, 2.24) is 0 Å². The summed E-state index contributed by atoms with van der Waals surface area (Å²) in [6.45, 7) is 3.04. The van der Waals surface area contributed by atoms with Crippen LogP contribution >= 0.6 is 22.2 Å². The Bertz CT molecular complexity index is 148. The largest absolute Gasteiger partial charge is 0.104 e. The predicted molar refractivity (Wildman–Crippen MR) is 29.2 cm³/mol. The minimum absolute atomic E-state index is 0.659. The molecule has 26 valence electrons. The number of fused-ring (bicyclic) bond motifs is 1. The average Bonchev–Trinajstić information content (AvgIpc) is 1.74. The molecule has 0 fully saturated rings. The Balaban J connectivity index is 2.76. The van der Waals surface area contributed by atoms with Gasteiger partial charge in [-0.1, -0.05) is 0 Å². The smallest absolute Gasteiger partial charge is 0.0486 e. The highest BCUT2D eigenvalue weighted by atomic mass is 32.1. The third kappa shape index (κ3) is 0.248. The van der Waals surface area contributed by atoms with E-state index in [0.717, 1.165) is 4.64 Å². The molecule has 5 heavy (non-hydrogen) atoms. The highest BCUT2D eigenvalue weighted by Crippen LogP contribution is 2.93. The maximum absolute atomic E-state index is 2.38. The number of hydrogen-bond acceptors (Lipinski definition) is 0. The molecule has 0 atom stereocenters. The first-order valence-corrected chi connectivity index (χ1v) is 6.11. The molecule has 0 spiro atoms. The van der Waals surface area contributed by atoms with Crippen molar-refractivity contribution in [3.05, 3.63) is 0 Å². The summed E-state index contributed by atoms with van der Waals surface area (Å²) in [4.78, 5) is 0. The molecule has 0 aromatic carbocycles. The van der Waals surface area contributed by atoms with Crippen LogP contribution < -0.4 is 0 Å². The summed E-state index contributed by atoms with van der Waals surface area (Å²) >= 11 is 0. The van der Waals surface area contributed by atoms with E-state index >= 15 is 0 Å². The van der Waals surface area contributed by atoms with Crippen LogP contribution in [0.3, 0.4) is 0 Å². The lowest BCUT2D eigenvalue weighted by molar-refractivity contribution is 1.38. The Hall–Kier alpha value is 0.900. The van der Waals surface area contributed by atoms with E-state index in [9.17, 15) is 0 Å². The predicted octanol–water partition coefficient (Wildman–Crippen LogP) is 2.89. The first-order chi connectivity index (χ1) is 2.31. The van der Waals surface area contributed by atoms with Crippen LogP contribution in [0.4, 0.5) is 0 Å². The van der Waals surface area contributed by atoms with Crippen molar-refractivity contribution in [3.8, 4) is 0 Å². The van der Waals surface area contributed by atoms with Crippen molar-refractivity contribution in [2.75, 3.05) is 0 Å². The van der Waals surface area contributed by atoms with Gasteiger partial charge in [0.15, 0.2) is 0 Å². The van der Waals surface area contributed by atoms with Crippen molar-refractivity contribution >= 4 is 22.2 Å². The van der Waals surface area contributed by atoms with Crippen LogP contribution in [0.25, 0.3) is 0 Å². The lowest BCUT2D eigenvalue weighted by Crippen LogP contribution is -1.65. The molecular weight excluding hydrogens is 117 g/mol. The Morgan fingerprint density at radius 1 is 1.60 bits per heavy atom. The zero-order chi connectivity index (χ0) is 3.49. The summed E-state index contributed by atoms with van der Waals surface area (Å²) in [6, 6.07) is 0. The normalized spacial score (nSPS) is 66.2. The molecule has 3 heteroatoms. The van der Waals surface area contributed by atoms with Gasteiger partial charge in [-0.2, -0.15) is 0 Å². The van der Waals surface area contributed by atoms with Crippen LogP contribution in [0.15, 0.2) is 0 Å². The fourth-order valence-electron chi connectivity index (χ4n) is 0.319. The van der Waals surface area contributed by atoms with Gasteiger partial charge in [-0.05, 0) is 29.2 Å². The van der Waals surface area contributed by atoms with Crippen LogP contribution in [0.5, 0.6) is 0 Å². The molecule has 0 aromatic heterocycles. The Morgan fingerprint density at radius 2 is 1.80 bits per heavy atom. The maximum atomic E-state index is 2.38. The third-order valence-corrected chi connectivity index (χ3v) is 12.6. The SMILES string of the molecule is CC12P=P1=P2. The van der Waals surface area contributed by atoms with E-state index in [1.807, 2.05) is 0 Å². The molecule has 2 aliphatic rings. The Labute approximate surface area is 34.6 Å². The van der Waals surface area contributed by atoms with Crippen molar-refractivity contribution in [2.24, 2.45) is 0 Å². The molecule has 0 saturated heterocycles. The maximum Gasteiger partial charge on any atom is 0.104 e. The highest BCUT2D eigenvalue weighted by molar-refractivity contribution is 8.45. The average molecular weight is 120 g/mol. The minimum Gasteiger partial charge on any atom is -0.0486 e. The van der Waals surface area contributed by atoms with E-state index in [1.54, 1.807) is 15.7 Å². The summed E-state index contributed by atoms with van der Waals surface area (Å²) in [5, 5.41) is 0. The van der Waals surface area contributed by atoms with E-state index in [-0.39, 0.29) is 0 Å². The summed E-state index contributed by atoms with van der Waals surface area (Å²) < 4.78 is 0.926. The monoisotopic (exact) mass is 120 g/mol. The fourth-order valence-corrected chi connectivity index (χ4v) is 8.97. The van der Waals surface area contributed by atoms with Gasteiger partial charge in [-0.3, -0.25) is 0 Å². The topological polar surface area (TPSA) is 0 Å². The van der Waals surface area contributed by atoms with Crippen molar-refractivity contribution in [1.29, 1.82) is 0 Å². The molecule has 2 rings (SSSR count). The molecule has 2 heterocycles. The van der Waals surface area contributed by atoms with Gasteiger partial charge in [-0.15, -0.1) is 0 Å². The molecule has 0 N–H and O–H groups in total. The zero-order valence-corrected chi connectivity index (χ0v) is 5.52. The molecule has 0 nitrogen and oxygen atoms in total. The second-order valence-corrected chi connectivity index (χ2v) is 10.7. The van der Waals surface area contributed by atoms with Crippen LogP contribution in [0.2, 0.25) is 0 Å². The van der Waals surface area contributed by atoms with Gasteiger partial charge >= 0.3 is 0 Å². The molecule has 0 saturated carbocycles. The number of rotatable bonds is 0. The molecule has 0 aliphatic carbocycles. The lowest BCUT2D eigenvalue weighted by atomic mass is 10.9. The molecule has 0 radical (unpaired) electrons. The number of hydrogen-bond donors (Lipinski definition) is 0. The van der Waals surface area contributed by atoms with Crippen molar-refractivity contribution in [3.63, 3.8) is 0 Å². The van der Waals surface area contributed by atoms with Crippen molar-refractivity contribution < 1.29 is 0 Å². The molecule has 2 aliphatic heterocycles. The lowest BCUT2D eigenvalue weighted by Gasteiger charge is -1.71. The Kier molecular flexibility index (Phi) is 0.313. The molecule has 0 amide bonds. The summed E-state index contributed by atoms with van der Waals surface area (Å²) in [5.74, 6) is 0. The molecule has 0 bridgehead atoms. The third-order valence-electron chi connectivity index (χ3n) is 0.868. The minimum atomic E-state index is 0.659. The standard InChI is InChI=1S/C2H3P3/c1-2-3-5(2)4-2/h1H3. The summed E-state index contributed by atoms with van der Waals surface area (Å²) in [5.41, 5.74) is 0. The van der Waals surface area contributed by atoms with E-state index in [4.69, 9.17) is 0 Å². The van der Waals surface area contributed by atoms with Gasteiger partial charge in [0.05, 0.1) is 0 Å². The van der Waals surface area contributed by atoms with Crippen LogP contribution in [0.1, 0.15) is 6.92 Å². The first-order valence-electron chi connectivity index (χ1n) is 1.57. The van der Waals surface area contributed by atoms with Crippen LogP contribution in [0, 0.1) is 0 Å². The van der Waals surface area contributed by atoms with Crippen molar-refractivity contribution in [2.45, 2.75) is 11.6 Å². The first kappa shape index (κ1) is 2.98. The van der Waals surface area contributed by atoms with Gasteiger partial charge < -0.3 is 0 Å². The van der Waals surface area contributed by atoms with Gasteiger partial charge in [0.2, 0.25) is 0 Å². The molecule has 0 unspecified atom stereocenters. The quantitative estimate of drug-likeness (QED) is 0.431. The highest BCUT2D eigenvalue weighted by Gasteiger charge is 2.46.